The molecule has 0 aromatic carbocycles. The van der Waals surface area contributed by atoms with Gasteiger partial charge in [-0.05, 0) is 31.7 Å². The highest BCUT2D eigenvalue weighted by molar-refractivity contribution is 7.91. The highest BCUT2D eigenvalue weighted by Crippen LogP contribution is 2.20. The Balaban J connectivity index is 1.70. The third-order valence-corrected chi connectivity index (χ3v) is 5.96. The minimum atomic E-state index is -2.70. The number of rotatable bonds is 3. The Morgan fingerprint density at radius 3 is 2.18 bits per heavy atom. The van der Waals surface area contributed by atoms with E-state index in [9.17, 15) is 8.42 Å². The average molecular weight is 259 g/mol. The third kappa shape index (κ3) is 4.59. The molecule has 0 amide bonds. The standard InChI is InChI=1S/C13H25NO2S/c15-17(16)9-8-12(11-17)10-14-13-6-4-2-1-3-5-7-13/h12-14H,1-11H2. The first-order chi connectivity index (χ1) is 8.16. The number of hydrogen-bond acceptors (Lipinski definition) is 3. The lowest BCUT2D eigenvalue weighted by Gasteiger charge is -2.22. The highest BCUT2D eigenvalue weighted by atomic mass is 32.2. The fourth-order valence-corrected chi connectivity index (χ4v) is 4.89. The summed E-state index contributed by atoms with van der Waals surface area (Å²) >= 11 is 0. The van der Waals surface area contributed by atoms with Gasteiger partial charge in [-0.15, -0.1) is 0 Å². The maximum Gasteiger partial charge on any atom is 0.150 e. The smallest absolute Gasteiger partial charge is 0.150 e. The molecule has 1 saturated carbocycles. The summed E-state index contributed by atoms with van der Waals surface area (Å²) in [6.45, 7) is 0.907. The van der Waals surface area contributed by atoms with Gasteiger partial charge in [-0.25, -0.2) is 8.42 Å². The number of sulfone groups is 1. The summed E-state index contributed by atoms with van der Waals surface area (Å²) in [5.41, 5.74) is 0. The molecule has 1 unspecified atom stereocenters. The van der Waals surface area contributed by atoms with E-state index < -0.39 is 9.84 Å². The largest absolute Gasteiger partial charge is 0.314 e. The molecule has 1 heterocycles. The second-order valence-electron chi connectivity index (χ2n) is 5.72. The molecule has 0 aromatic heterocycles. The van der Waals surface area contributed by atoms with E-state index in [2.05, 4.69) is 5.32 Å². The van der Waals surface area contributed by atoms with Crippen molar-refractivity contribution in [3.8, 4) is 0 Å². The number of nitrogens with one attached hydrogen (secondary N) is 1. The molecule has 1 atom stereocenters. The van der Waals surface area contributed by atoms with E-state index in [0.717, 1.165) is 13.0 Å². The Morgan fingerprint density at radius 2 is 1.59 bits per heavy atom. The van der Waals surface area contributed by atoms with E-state index in [-0.39, 0.29) is 0 Å². The van der Waals surface area contributed by atoms with Crippen LogP contribution in [0, 0.1) is 5.92 Å². The van der Waals surface area contributed by atoms with E-state index in [0.29, 0.717) is 23.5 Å². The quantitative estimate of drug-likeness (QED) is 0.844. The zero-order valence-electron chi connectivity index (χ0n) is 10.7. The van der Waals surface area contributed by atoms with Crippen LogP contribution < -0.4 is 5.32 Å². The summed E-state index contributed by atoms with van der Waals surface area (Å²) in [6, 6.07) is 0.638. The zero-order valence-corrected chi connectivity index (χ0v) is 11.5. The van der Waals surface area contributed by atoms with Gasteiger partial charge in [-0.1, -0.05) is 32.1 Å². The van der Waals surface area contributed by atoms with Crippen molar-refractivity contribution in [2.75, 3.05) is 18.1 Å². The molecule has 17 heavy (non-hydrogen) atoms. The Labute approximate surface area is 105 Å². The Bertz CT molecular complexity index is 318. The lowest BCUT2D eigenvalue weighted by molar-refractivity contribution is 0.369. The number of hydrogen-bond donors (Lipinski definition) is 1. The summed E-state index contributed by atoms with van der Waals surface area (Å²) < 4.78 is 22.7. The second-order valence-corrected chi connectivity index (χ2v) is 7.95. The fraction of sp³-hybridized carbons (Fsp3) is 1.00. The molecular weight excluding hydrogens is 234 g/mol. The first-order valence-electron chi connectivity index (χ1n) is 7.09. The molecule has 0 spiro atoms. The van der Waals surface area contributed by atoms with Gasteiger partial charge in [-0.3, -0.25) is 0 Å². The molecule has 2 rings (SSSR count). The second kappa shape index (κ2) is 6.19. The van der Waals surface area contributed by atoms with Gasteiger partial charge in [0.1, 0.15) is 0 Å². The molecule has 0 bridgehead atoms. The molecule has 0 aromatic rings. The van der Waals surface area contributed by atoms with Crippen LogP contribution in [0.25, 0.3) is 0 Å². The van der Waals surface area contributed by atoms with Crippen LogP contribution in [0.4, 0.5) is 0 Å². The van der Waals surface area contributed by atoms with Crippen LogP contribution in [0.3, 0.4) is 0 Å². The van der Waals surface area contributed by atoms with E-state index in [1.165, 1.54) is 44.9 Å². The van der Waals surface area contributed by atoms with Gasteiger partial charge in [0.15, 0.2) is 9.84 Å². The van der Waals surface area contributed by atoms with Crippen molar-refractivity contribution in [1.82, 2.24) is 5.32 Å². The molecule has 1 aliphatic carbocycles. The molecule has 3 nitrogen and oxygen atoms in total. The lowest BCUT2D eigenvalue weighted by atomic mass is 9.96. The molecule has 2 aliphatic rings. The summed E-state index contributed by atoms with van der Waals surface area (Å²) in [5, 5.41) is 3.60. The van der Waals surface area contributed by atoms with E-state index in [4.69, 9.17) is 0 Å². The van der Waals surface area contributed by atoms with Crippen molar-refractivity contribution in [1.29, 1.82) is 0 Å². The van der Waals surface area contributed by atoms with Crippen molar-refractivity contribution >= 4 is 9.84 Å². The Morgan fingerprint density at radius 1 is 0.941 bits per heavy atom. The minimum Gasteiger partial charge on any atom is -0.314 e. The van der Waals surface area contributed by atoms with Crippen molar-refractivity contribution in [2.45, 2.75) is 57.4 Å². The van der Waals surface area contributed by atoms with Crippen LogP contribution >= 0.6 is 0 Å². The van der Waals surface area contributed by atoms with Gasteiger partial charge >= 0.3 is 0 Å². The molecular formula is C13H25NO2S. The van der Waals surface area contributed by atoms with Gasteiger partial charge in [0, 0.05) is 6.04 Å². The van der Waals surface area contributed by atoms with E-state index in [1.807, 2.05) is 0 Å². The zero-order chi connectivity index (χ0) is 12.1. The van der Waals surface area contributed by atoms with Gasteiger partial charge in [0.2, 0.25) is 0 Å². The van der Waals surface area contributed by atoms with Crippen LogP contribution in [0.15, 0.2) is 0 Å². The molecule has 1 N–H and O–H groups in total. The van der Waals surface area contributed by atoms with Gasteiger partial charge in [-0.2, -0.15) is 0 Å². The van der Waals surface area contributed by atoms with Crippen LogP contribution in [0.1, 0.15) is 51.4 Å². The summed E-state index contributed by atoms with van der Waals surface area (Å²) in [4.78, 5) is 0. The topological polar surface area (TPSA) is 46.2 Å². The van der Waals surface area contributed by atoms with Crippen LogP contribution in [-0.4, -0.2) is 32.5 Å². The first-order valence-corrected chi connectivity index (χ1v) is 8.92. The maximum absolute atomic E-state index is 11.4. The normalized spacial score (nSPS) is 30.9. The SMILES string of the molecule is O=S1(=O)CCC(CNC2CCCCCCC2)C1. The summed E-state index contributed by atoms with van der Waals surface area (Å²) in [6.07, 6.45) is 10.2. The predicted molar refractivity (Wildman–Crippen MR) is 70.9 cm³/mol. The molecule has 100 valence electrons. The molecule has 1 saturated heterocycles. The van der Waals surface area contributed by atoms with E-state index in [1.54, 1.807) is 0 Å². The van der Waals surface area contributed by atoms with Crippen LogP contribution in [0.2, 0.25) is 0 Å². The van der Waals surface area contributed by atoms with Crippen molar-refractivity contribution in [3.05, 3.63) is 0 Å². The monoisotopic (exact) mass is 259 g/mol. The maximum atomic E-state index is 11.4. The molecule has 4 heteroatoms. The Kier molecular flexibility index (Phi) is 4.86. The lowest BCUT2D eigenvalue weighted by Crippen LogP contribution is -2.34. The van der Waals surface area contributed by atoms with Crippen LogP contribution in [-0.2, 0) is 9.84 Å². The highest BCUT2D eigenvalue weighted by Gasteiger charge is 2.27. The van der Waals surface area contributed by atoms with Gasteiger partial charge in [0.25, 0.3) is 0 Å². The molecule has 1 aliphatic heterocycles. The molecule has 2 fully saturated rings. The van der Waals surface area contributed by atoms with Gasteiger partial charge in [0.05, 0.1) is 11.5 Å². The summed E-state index contributed by atoms with van der Waals surface area (Å²) in [5.74, 6) is 1.18. The predicted octanol–water partition coefficient (Wildman–Crippen LogP) is 2.12. The average Bonchev–Trinajstić information content (AvgIpc) is 2.57. The van der Waals surface area contributed by atoms with Crippen LogP contribution in [0.5, 0.6) is 0 Å². The van der Waals surface area contributed by atoms with E-state index >= 15 is 0 Å². The molecule has 0 radical (unpaired) electrons. The third-order valence-electron chi connectivity index (χ3n) is 4.13. The van der Waals surface area contributed by atoms with Gasteiger partial charge < -0.3 is 5.32 Å². The van der Waals surface area contributed by atoms with Crippen molar-refractivity contribution < 1.29 is 8.42 Å². The first kappa shape index (κ1) is 13.3. The fourth-order valence-electron chi connectivity index (χ4n) is 3.03. The summed E-state index contributed by atoms with van der Waals surface area (Å²) in [7, 11) is -2.70. The van der Waals surface area contributed by atoms with Crippen molar-refractivity contribution in [3.63, 3.8) is 0 Å². The van der Waals surface area contributed by atoms with Crippen molar-refractivity contribution in [2.24, 2.45) is 5.92 Å². The Hall–Kier alpha value is -0.0900. The minimum absolute atomic E-state index is 0.366.